The number of amides is 2. The fourth-order valence-electron chi connectivity index (χ4n) is 3.30. The number of cyclic esters (lactones) is 4. The number of esters is 4. The summed E-state index contributed by atoms with van der Waals surface area (Å²) in [7, 11) is 0. The van der Waals surface area contributed by atoms with Gasteiger partial charge in [-0.25, -0.2) is 19.2 Å². The number of rotatable bonds is 18. The smallest absolute Gasteiger partial charge is 0.342 e. The number of nitrogens with one attached hydrogen (secondary N) is 2. The minimum atomic E-state index is -0.690. The second-order valence-electron chi connectivity index (χ2n) is 8.10. The van der Waals surface area contributed by atoms with E-state index in [2.05, 4.69) is 20.1 Å². The highest BCUT2D eigenvalue weighted by Crippen LogP contribution is 2.21. The zero-order valence-electron chi connectivity index (χ0n) is 21.0. The van der Waals surface area contributed by atoms with Gasteiger partial charge < -0.3 is 34.3 Å². The Labute approximate surface area is 213 Å². The summed E-state index contributed by atoms with van der Waals surface area (Å²) in [5, 5.41) is 5.33. The summed E-state index contributed by atoms with van der Waals surface area (Å²) in [6.07, 6.45) is 0.423. The van der Waals surface area contributed by atoms with Crippen LogP contribution in [0.2, 0.25) is 0 Å². The van der Waals surface area contributed by atoms with Gasteiger partial charge in [-0.05, 0) is 26.7 Å². The normalized spacial score (nSPS) is 15.4. The largest absolute Gasteiger partial charge is 0.386 e. The first kappa shape index (κ1) is 29.8. The Bertz CT molecular complexity index is 892. The van der Waals surface area contributed by atoms with Gasteiger partial charge in [-0.3, -0.25) is 9.59 Å². The first-order valence-electron chi connectivity index (χ1n) is 11.9. The lowest BCUT2D eigenvalue weighted by atomic mass is 10.1. The van der Waals surface area contributed by atoms with Crippen LogP contribution < -0.4 is 10.6 Å². The van der Waals surface area contributed by atoms with E-state index in [0.717, 1.165) is 0 Å². The van der Waals surface area contributed by atoms with E-state index >= 15 is 0 Å². The highest BCUT2D eigenvalue weighted by molar-refractivity contribution is 6.12. The number of carbonyl (C=O) groups is 6. The van der Waals surface area contributed by atoms with Crippen molar-refractivity contribution in [1.29, 1.82) is 0 Å². The number of hydrogen-bond acceptors (Lipinski definition) is 11. The third kappa shape index (κ3) is 10.2. The highest BCUT2D eigenvalue weighted by Gasteiger charge is 2.30. The summed E-state index contributed by atoms with van der Waals surface area (Å²) in [5.74, 6) is -3.23. The van der Waals surface area contributed by atoms with Gasteiger partial charge in [0, 0.05) is 48.2 Å². The number of hydrogen-bond donors (Lipinski definition) is 2. The van der Waals surface area contributed by atoms with E-state index in [1.54, 1.807) is 0 Å². The summed E-state index contributed by atoms with van der Waals surface area (Å²) in [6, 6.07) is 0. The molecule has 13 nitrogen and oxygen atoms in total. The Morgan fingerprint density at radius 3 is 1.27 bits per heavy atom. The number of ether oxygens (including phenoxy) is 5. The summed E-state index contributed by atoms with van der Waals surface area (Å²) < 4.78 is 25.0. The van der Waals surface area contributed by atoms with Gasteiger partial charge in [-0.1, -0.05) is 0 Å². The molecule has 13 heteroatoms. The van der Waals surface area contributed by atoms with Crippen LogP contribution >= 0.6 is 0 Å². The molecular formula is C24H32N2O11. The third-order valence-electron chi connectivity index (χ3n) is 5.47. The zero-order chi connectivity index (χ0) is 27.2. The molecule has 0 saturated heterocycles. The maximum Gasteiger partial charge on any atom is 0.342 e. The van der Waals surface area contributed by atoms with E-state index in [9.17, 15) is 28.8 Å². The molecule has 2 N–H and O–H groups in total. The van der Waals surface area contributed by atoms with Gasteiger partial charge in [0.05, 0.1) is 39.6 Å². The molecule has 0 saturated carbocycles. The van der Waals surface area contributed by atoms with E-state index < -0.39 is 23.9 Å². The lowest BCUT2D eigenvalue weighted by Crippen LogP contribution is -2.28. The maximum atomic E-state index is 11.8. The predicted molar refractivity (Wildman–Crippen MR) is 125 cm³/mol. The van der Waals surface area contributed by atoms with Crippen LogP contribution in [0.1, 0.15) is 39.5 Å². The second kappa shape index (κ2) is 15.6. The van der Waals surface area contributed by atoms with Crippen LogP contribution in [0.5, 0.6) is 0 Å². The molecule has 2 heterocycles. The Hall–Kier alpha value is -3.42. The molecule has 0 radical (unpaired) electrons. The molecule has 37 heavy (non-hydrogen) atoms. The monoisotopic (exact) mass is 524 g/mol. The van der Waals surface area contributed by atoms with Crippen molar-refractivity contribution >= 4 is 35.7 Å². The van der Waals surface area contributed by atoms with E-state index in [0.29, 0.717) is 52.7 Å². The van der Waals surface area contributed by atoms with Crippen LogP contribution in [0.4, 0.5) is 0 Å². The van der Waals surface area contributed by atoms with Crippen molar-refractivity contribution in [1.82, 2.24) is 10.6 Å². The molecule has 2 rings (SSSR count). The van der Waals surface area contributed by atoms with Crippen LogP contribution in [-0.2, 0) is 52.5 Å². The minimum Gasteiger partial charge on any atom is -0.386 e. The van der Waals surface area contributed by atoms with Gasteiger partial charge >= 0.3 is 23.9 Å². The molecule has 0 aliphatic carbocycles. The molecule has 0 unspecified atom stereocenters. The van der Waals surface area contributed by atoms with E-state index in [1.807, 2.05) is 0 Å². The van der Waals surface area contributed by atoms with Crippen LogP contribution in [0.15, 0.2) is 22.3 Å². The Morgan fingerprint density at radius 2 is 0.946 bits per heavy atom. The van der Waals surface area contributed by atoms with Crippen molar-refractivity contribution in [3.8, 4) is 0 Å². The summed E-state index contributed by atoms with van der Waals surface area (Å²) in [4.78, 5) is 69.1. The minimum absolute atomic E-state index is 0.0679. The van der Waals surface area contributed by atoms with Crippen LogP contribution in [0, 0.1) is 0 Å². The molecule has 204 valence electrons. The van der Waals surface area contributed by atoms with Gasteiger partial charge in [0.25, 0.3) is 0 Å². The highest BCUT2D eigenvalue weighted by atomic mass is 16.6. The first-order chi connectivity index (χ1) is 17.7. The predicted octanol–water partition coefficient (Wildman–Crippen LogP) is -0.371. The van der Waals surface area contributed by atoms with E-state index in [4.69, 9.17) is 14.2 Å². The molecule has 0 aromatic rings. The van der Waals surface area contributed by atoms with Gasteiger partial charge in [-0.15, -0.1) is 0 Å². The number of carbonyl (C=O) groups excluding carboxylic acids is 6. The molecule has 2 aliphatic heterocycles. The van der Waals surface area contributed by atoms with Crippen molar-refractivity contribution in [3.63, 3.8) is 0 Å². The zero-order valence-corrected chi connectivity index (χ0v) is 21.0. The average Bonchev–Trinajstić information content (AvgIpc) is 3.25. The topological polar surface area (TPSA) is 173 Å². The molecule has 0 spiro atoms. The lowest BCUT2D eigenvalue weighted by molar-refractivity contribution is -0.152. The van der Waals surface area contributed by atoms with Gasteiger partial charge in [-0.2, -0.15) is 0 Å². The quantitative estimate of drug-likeness (QED) is 0.136. The summed E-state index contributed by atoms with van der Waals surface area (Å²) in [5.41, 5.74) is 0.957. The van der Waals surface area contributed by atoms with Crippen molar-refractivity contribution in [2.45, 2.75) is 39.5 Å². The third-order valence-corrected chi connectivity index (χ3v) is 5.47. The standard InChI is InChI=1S/C24H32N2O11/c1-15-17(23(31)36-21(15)29)3-5-19(27)25-7-9-33-11-13-35-14-12-34-10-8-26-20(28)6-4-18-16(2)22(30)37-24(18)32/h3-14H2,1-2H3,(H,25,27)(H,26,28). The maximum absolute atomic E-state index is 11.8. The fraction of sp³-hybridized carbons (Fsp3) is 0.583. The molecule has 2 amide bonds. The fourth-order valence-corrected chi connectivity index (χ4v) is 3.30. The van der Waals surface area contributed by atoms with Crippen molar-refractivity contribution in [3.05, 3.63) is 22.3 Å². The molecule has 0 aromatic carbocycles. The van der Waals surface area contributed by atoms with Gasteiger partial charge in [0.1, 0.15) is 0 Å². The lowest BCUT2D eigenvalue weighted by Gasteiger charge is -2.08. The average molecular weight is 525 g/mol. The van der Waals surface area contributed by atoms with Crippen LogP contribution in [0.25, 0.3) is 0 Å². The Morgan fingerprint density at radius 1 is 0.595 bits per heavy atom. The van der Waals surface area contributed by atoms with Crippen molar-refractivity contribution < 1.29 is 52.5 Å². The molecule has 0 atom stereocenters. The molecule has 0 fully saturated rings. The van der Waals surface area contributed by atoms with Crippen molar-refractivity contribution in [2.75, 3.05) is 52.7 Å². The summed E-state index contributed by atoms with van der Waals surface area (Å²) in [6.45, 7) is 5.54. The SMILES string of the molecule is CC1=C(CCC(=O)NCCOCCOCCOCCNC(=O)CCC2=C(C)C(=O)OC2=O)C(=O)OC1=O. The summed E-state index contributed by atoms with van der Waals surface area (Å²) >= 11 is 0. The Kier molecular flexibility index (Phi) is 12.6. The second-order valence-corrected chi connectivity index (χ2v) is 8.10. The van der Waals surface area contributed by atoms with Crippen molar-refractivity contribution in [2.24, 2.45) is 0 Å². The molecule has 0 aromatic heterocycles. The molecule has 2 aliphatic rings. The van der Waals surface area contributed by atoms with Gasteiger partial charge in [0.2, 0.25) is 11.8 Å². The van der Waals surface area contributed by atoms with Crippen LogP contribution in [0.3, 0.4) is 0 Å². The van der Waals surface area contributed by atoms with Crippen LogP contribution in [-0.4, -0.2) is 88.4 Å². The van der Waals surface area contributed by atoms with Gasteiger partial charge in [0.15, 0.2) is 0 Å². The first-order valence-corrected chi connectivity index (χ1v) is 11.9. The van der Waals surface area contributed by atoms with E-state index in [-0.39, 0.29) is 59.8 Å². The molecule has 0 bridgehead atoms. The Balaban J connectivity index is 1.35. The van der Waals surface area contributed by atoms with E-state index in [1.165, 1.54) is 13.8 Å². The molecular weight excluding hydrogens is 492 g/mol.